The van der Waals surface area contributed by atoms with Crippen LogP contribution in [-0.4, -0.2) is 0 Å². The molecule has 1 nitrogen and oxygen atoms in total. The molecule has 0 unspecified atom stereocenters. The molecule has 1 aromatic heterocycles. The number of halogens is 2. The van der Waals surface area contributed by atoms with Crippen LogP contribution >= 0.6 is 34.5 Å². The Morgan fingerprint density at radius 2 is 1.83 bits per heavy atom. The first kappa shape index (κ1) is 12.0. The molecule has 90 valence electrons. The zero-order valence-electron chi connectivity index (χ0n) is 9.46. The van der Waals surface area contributed by atoms with Crippen LogP contribution < -0.4 is 5.43 Å². The van der Waals surface area contributed by atoms with Crippen molar-refractivity contribution in [3.63, 3.8) is 0 Å². The third-order valence-electron chi connectivity index (χ3n) is 3.00. The fourth-order valence-electron chi connectivity index (χ4n) is 2.06. The Balaban J connectivity index is 2.69. The summed E-state index contributed by atoms with van der Waals surface area (Å²) in [5, 5.41) is 2.42. The highest BCUT2D eigenvalue weighted by molar-refractivity contribution is 7.25. The fraction of sp³-hybridized carbons (Fsp3) is 0.0714. The Hall–Kier alpha value is -1.09. The van der Waals surface area contributed by atoms with E-state index in [0.29, 0.717) is 15.4 Å². The van der Waals surface area contributed by atoms with E-state index in [2.05, 4.69) is 0 Å². The molecule has 0 radical (unpaired) electrons. The molecule has 1 heterocycles. The summed E-state index contributed by atoms with van der Waals surface area (Å²) in [6.07, 6.45) is 0. The predicted octanol–water partition coefficient (Wildman–Crippen LogP) is 5.03. The first-order chi connectivity index (χ1) is 8.59. The van der Waals surface area contributed by atoms with E-state index in [0.717, 1.165) is 20.3 Å². The van der Waals surface area contributed by atoms with Crippen molar-refractivity contribution in [2.45, 2.75) is 6.92 Å². The molecule has 0 fully saturated rings. The second kappa shape index (κ2) is 4.23. The van der Waals surface area contributed by atoms with Crippen LogP contribution in [0.25, 0.3) is 20.2 Å². The SMILES string of the molecule is Cc1c(Cl)cc(Cl)c2sc3ccccc3c(=O)c12. The third-order valence-corrected chi connectivity index (χ3v) is 5.01. The smallest absolute Gasteiger partial charge is 0.196 e. The van der Waals surface area contributed by atoms with Gasteiger partial charge >= 0.3 is 0 Å². The summed E-state index contributed by atoms with van der Waals surface area (Å²) in [5.74, 6) is 0. The highest BCUT2D eigenvalue weighted by Crippen LogP contribution is 2.35. The minimum atomic E-state index is 0.00116. The first-order valence-electron chi connectivity index (χ1n) is 5.40. The molecule has 0 saturated carbocycles. The van der Waals surface area contributed by atoms with Crippen molar-refractivity contribution in [1.29, 1.82) is 0 Å². The van der Waals surface area contributed by atoms with Gasteiger partial charge in [-0.05, 0) is 30.7 Å². The maximum Gasteiger partial charge on any atom is 0.196 e. The zero-order chi connectivity index (χ0) is 12.9. The number of aryl methyl sites for hydroxylation is 1. The van der Waals surface area contributed by atoms with Crippen molar-refractivity contribution in [2.24, 2.45) is 0 Å². The number of benzene rings is 2. The van der Waals surface area contributed by atoms with Gasteiger partial charge in [0.15, 0.2) is 5.43 Å². The lowest BCUT2D eigenvalue weighted by molar-refractivity contribution is 1.53. The van der Waals surface area contributed by atoms with E-state index in [-0.39, 0.29) is 5.43 Å². The molecular weight excluding hydrogens is 287 g/mol. The highest BCUT2D eigenvalue weighted by Gasteiger charge is 2.13. The fourth-order valence-corrected chi connectivity index (χ4v) is 3.78. The van der Waals surface area contributed by atoms with Crippen molar-refractivity contribution in [3.8, 4) is 0 Å². The monoisotopic (exact) mass is 294 g/mol. The van der Waals surface area contributed by atoms with E-state index in [4.69, 9.17) is 23.2 Å². The van der Waals surface area contributed by atoms with Gasteiger partial charge in [-0.2, -0.15) is 0 Å². The van der Waals surface area contributed by atoms with E-state index in [1.807, 2.05) is 31.2 Å². The van der Waals surface area contributed by atoms with Crippen LogP contribution in [0.4, 0.5) is 0 Å². The lowest BCUT2D eigenvalue weighted by Gasteiger charge is -2.07. The maximum absolute atomic E-state index is 12.5. The maximum atomic E-state index is 12.5. The minimum Gasteiger partial charge on any atom is -0.288 e. The van der Waals surface area contributed by atoms with Crippen LogP contribution in [0.15, 0.2) is 35.1 Å². The second-order valence-electron chi connectivity index (χ2n) is 4.10. The Labute approximate surface area is 118 Å². The van der Waals surface area contributed by atoms with Gasteiger partial charge in [0.25, 0.3) is 0 Å². The largest absolute Gasteiger partial charge is 0.288 e. The molecule has 0 saturated heterocycles. The van der Waals surface area contributed by atoms with E-state index < -0.39 is 0 Å². The number of hydrogen-bond acceptors (Lipinski definition) is 2. The van der Waals surface area contributed by atoms with Gasteiger partial charge < -0.3 is 0 Å². The van der Waals surface area contributed by atoms with E-state index in [1.165, 1.54) is 11.3 Å². The normalized spacial score (nSPS) is 11.3. The van der Waals surface area contributed by atoms with Gasteiger partial charge in [0.05, 0.1) is 9.72 Å². The molecule has 18 heavy (non-hydrogen) atoms. The lowest BCUT2D eigenvalue weighted by atomic mass is 10.1. The standard InChI is InChI=1S/C14H8Cl2OS/c1-7-9(15)6-10(16)14-12(7)13(17)8-4-2-3-5-11(8)18-14/h2-6H,1H3. The first-order valence-corrected chi connectivity index (χ1v) is 6.97. The van der Waals surface area contributed by atoms with Gasteiger partial charge in [-0.25, -0.2) is 0 Å². The van der Waals surface area contributed by atoms with Crippen LogP contribution in [0.1, 0.15) is 5.56 Å². The molecule has 0 N–H and O–H groups in total. The Bertz CT molecular complexity index is 836. The van der Waals surface area contributed by atoms with Gasteiger partial charge in [-0.1, -0.05) is 35.3 Å². The summed E-state index contributed by atoms with van der Waals surface area (Å²) >= 11 is 13.8. The van der Waals surface area contributed by atoms with Crippen molar-refractivity contribution in [3.05, 3.63) is 56.2 Å². The molecule has 0 bridgehead atoms. The molecule has 3 rings (SSSR count). The van der Waals surface area contributed by atoms with E-state index in [1.54, 1.807) is 6.07 Å². The highest BCUT2D eigenvalue weighted by atomic mass is 35.5. The summed E-state index contributed by atoms with van der Waals surface area (Å²) in [7, 11) is 0. The molecule has 0 amide bonds. The number of rotatable bonds is 0. The van der Waals surface area contributed by atoms with Gasteiger partial charge in [-0.15, -0.1) is 11.3 Å². The predicted molar refractivity (Wildman–Crippen MR) is 80.4 cm³/mol. The molecule has 0 aliphatic carbocycles. The van der Waals surface area contributed by atoms with Gasteiger partial charge in [0.2, 0.25) is 0 Å². The average molecular weight is 295 g/mol. The summed E-state index contributed by atoms with van der Waals surface area (Å²) in [4.78, 5) is 12.5. The Morgan fingerprint density at radius 1 is 1.11 bits per heavy atom. The van der Waals surface area contributed by atoms with E-state index >= 15 is 0 Å². The van der Waals surface area contributed by atoms with Crippen LogP contribution in [0.2, 0.25) is 10.0 Å². The van der Waals surface area contributed by atoms with Crippen LogP contribution in [-0.2, 0) is 0 Å². The summed E-state index contributed by atoms with van der Waals surface area (Å²) in [6.45, 7) is 1.85. The molecule has 0 aliphatic rings. The van der Waals surface area contributed by atoms with Crippen LogP contribution in [0.5, 0.6) is 0 Å². The number of hydrogen-bond donors (Lipinski definition) is 0. The zero-order valence-corrected chi connectivity index (χ0v) is 11.8. The molecule has 0 atom stereocenters. The molecule has 4 heteroatoms. The topological polar surface area (TPSA) is 17.1 Å². The molecule has 0 spiro atoms. The molecule has 3 aromatic rings. The van der Waals surface area contributed by atoms with Gasteiger partial charge in [0.1, 0.15) is 0 Å². The van der Waals surface area contributed by atoms with Crippen LogP contribution in [0.3, 0.4) is 0 Å². The number of fused-ring (bicyclic) bond motifs is 2. The van der Waals surface area contributed by atoms with Gasteiger partial charge in [-0.3, -0.25) is 4.79 Å². The minimum absolute atomic E-state index is 0.00116. The molecular formula is C14H8Cl2OS. The molecule has 2 aromatic carbocycles. The third kappa shape index (κ3) is 1.64. The summed E-state index contributed by atoms with van der Waals surface area (Å²) in [6, 6.07) is 9.25. The van der Waals surface area contributed by atoms with E-state index in [9.17, 15) is 4.79 Å². The van der Waals surface area contributed by atoms with Crippen LogP contribution in [0, 0.1) is 6.92 Å². The summed E-state index contributed by atoms with van der Waals surface area (Å²) in [5.41, 5.74) is 0.796. The Kier molecular flexibility index (Phi) is 2.81. The van der Waals surface area contributed by atoms with Crippen molar-refractivity contribution < 1.29 is 0 Å². The summed E-state index contributed by atoms with van der Waals surface area (Å²) < 4.78 is 1.75. The van der Waals surface area contributed by atoms with Crippen molar-refractivity contribution in [2.75, 3.05) is 0 Å². The van der Waals surface area contributed by atoms with Gasteiger partial charge in [0, 0.05) is 20.5 Å². The molecule has 0 aliphatic heterocycles. The lowest BCUT2D eigenvalue weighted by Crippen LogP contribution is -2.03. The van der Waals surface area contributed by atoms with Crippen molar-refractivity contribution >= 4 is 54.7 Å². The quantitative estimate of drug-likeness (QED) is 0.532. The second-order valence-corrected chi connectivity index (χ2v) is 5.96. The van der Waals surface area contributed by atoms with Crippen molar-refractivity contribution in [1.82, 2.24) is 0 Å². The Morgan fingerprint density at radius 3 is 2.61 bits per heavy atom. The average Bonchev–Trinajstić information content (AvgIpc) is 2.36.